The Morgan fingerprint density at radius 2 is 0.816 bits per heavy atom. The lowest BCUT2D eigenvalue weighted by molar-refractivity contribution is -0.302. The molecule has 0 aliphatic carbocycles. The molecule has 0 saturated carbocycles. The molecule has 1 heterocycles. The monoisotopic (exact) mass is 1070 g/mol. The lowest BCUT2D eigenvalue weighted by atomic mass is 9.99. The fourth-order valence-electron chi connectivity index (χ4n) is 10.6. The maximum atomic E-state index is 13.1. The van der Waals surface area contributed by atoms with Gasteiger partial charge in [0.25, 0.3) is 0 Å². The second kappa shape index (κ2) is 56.4. The van der Waals surface area contributed by atoms with Crippen molar-refractivity contribution < 1.29 is 39.8 Å². The number of ether oxygens (including phenoxy) is 2. The molecule has 1 aliphatic rings. The van der Waals surface area contributed by atoms with E-state index in [4.69, 9.17) is 9.47 Å². The van der Waals surface area contributed by atoms with Gasteiger partial charge in [0.15, 0.2) is 6.29 Å². The van der Waals surface area contributed by atoms with Gasteiger partial charge in [-0.25, -0.2) is 0 Å². The first-order valence-electron chi connectivity index (χ1n) is 32.8. The predicted molar refractivity (Wildman–Crippen MR) is 323 cm³/mol. The van der Waals surface area contributed by atoms with Gasteiger partial charge < -0.3 is 40.3 Å². The largest absolute Gasteiger partial charge is 0.394 e. The highest BCUT2D eigenvalue weighted by Crippen LogP contribution is 2.24. The van der Waals surface area contributed by atoms with E-state index in [0.717, 1.165) is 64.2 Å². The lowest BCUT2D eigenvalue weighted by Crippen LogP contribution is -2.60. The van der Waals surface area contributed by atoms with E-state index in [1.54, 1.807) is 0 Å². The van der Waals surface area contributed by atoms with Crippen molar-refractivity contribution in [2.75, 3.05) is 13.2 Å². The van der Waals surface area contributed by atoms with Crippen LogP contribution < -0.4 is 5.32 Å². The first kappa shape index (κ1) is 72.2. The zero-order valence-corrected chi connectivity index (χ0v) is 49.8. The van der Waals surface area contributed by atoms with Gasteiger partial charge in [-0.2, -0.15) is 0 Å². The molecule has 9 nitrogen and oxygen atoms in total. The van der Waals surface area contributed by atoms with Gasteiger partial charge in [-0.05, 0) is 51.4 Å². The third kappa shape index (κ3) is 44.9. The number of carbonyl (C=O) groups excluding carboxylic acids is 1. The van der Waals surface area contributed by atoms with Gasteiger partial charge in [-0.3, -0.25) is 4.79 Å². The molecule has 1 aliphatic heterocycles. The van der Waals surface area contributed by atoms with Crippen molar-refractivity contribution in [1.82, 2.24) is 5.32 Å². The summed E-state index contributed by atoms with van der Waals surface area (Å²) in [7, 11) is 0. The minimum atomic E-state index is -1.55. The molecular formula is C67H125NO8. The SMILES string of the molecule is CC/C=C\C/C=C\C/C=C\C/C=C\CCCCCCCCCCCCCCCCCCCCCCCCCCC(=O)NC(COC1OC(CO)C(O)C(O)C1O)C(O)CCCCCCCCCCCCCCCCCC. The molecular weight excluding hydrogens is 947 g/mol. The first-order valence-corrected chi connectivity index (χ1v) is 32.8. The average molecular weight is 1070 g/mol. The molecule has 0 aromatic heterocycles. The summed E-state index contributed by atoms with van der Waals surface area (Å²) in [6, 6.07) is -0.717. The fourth-order valence-corrected chi connectivity index (χ4v) is 10.6. The highest BCUT2D eigenvalue weighted by Gasteiger charge is 2.44. The molecule has 76 heavy (non-hydrogen) atoms. The smallest absolute Gasteiger partial charge is 0.220 e. The van der Waals surface area contributed by atoms with Crippen molar-refractivity contribution in [2.24, 2.45) is 0 Å². The van der Waals surface area contributed by atoms with Gasteiger partial charge in [0, 0.05) is 6.42 Å². The number of amides is 1. The van der Waals surface area contributed by atoms with Crippen molar-refractivity contribution in [1.29, 1.82) is 0 Å². The Morgan fingerprint density at radius 3 is 1.21 bits per heavy atom. The van der Waals surface area contributed by atoms with Gasteiger partial charge in [-0.1, -0.05) is 306 Å². The van der Waals surface area contributed by atoms with E-state index in [0.29, 0.717) is 12.8 Å². The van der Waals surface area contributed by atoms with Crippen molar-refractivity contribution in [3.63, 3.8) is 0 Å². The molecule has 7 atom stereocenters. The summed E-state index contributed by atoms with van der Waals surface area (Å²) in [6.45, 7) is 3.76. The quantitative estimate of drug-likeness (QED) is 0.0261. The highest BCUT2D eigenvalue weighted by molar-refractivity contribution is 5.76. The van der Waals surface area contributed by atoms with Gasteiger partial charge in [0.2, 0.25) is 5.91 Å². The van der Waals surface area contributed by atoms with E-state index in [1.807, 2.05) is 0 Å². The number of hydrogen-bond acceptors (Lipinski definition) is 8. The zero-order valence-electron chi connectivity index (χ0n) is 49.8. The molecule has 1 saturated heterocycles. The molecule has 446 valence electrons. The Bertz CT molecular complexity index is 1340. The Kier molecular flexibility index (Phi) is 53.6. The molecule has 6 N–H and O–H groups in total. The number of nitrogens with one attached hydrogen (secondary N) is 1. The third-order valence-electron chi connectivity index (χ3n) is 15.7. The summed E-state index contributed by atoms with van der Waals surface area (Å²) in [5.41, 5.74) is 0. The van der Waals surface area contributed by atoms with E-state index in [-0.39, 0.29) is 12.5 Å². The highest BCUT2D eigenvalue weighted by atomic mass is 16.7. The molecule has 0 aromatic rings. The molecule has 0 radical (unpaired) electrons. The number of unbranched alkanes of at least 4 members (excludes halogenated alkanes) is 39. The maximum absolute atomic E-state index is 13.1. The van der Waals surface area contributed by atoms with Crippen LogP contribution in [0.2, 0.25) is 0 Å². The molecule has 1 fully saturated rings. The standard InChI is InChI=1S/C67H125NO8/c1-3-5-7-9-11-13-15-17-19-21-22-23-24-25-26-27-28-29-30-31-32-33-34-35-36-37-38-39-40-41-43-45-47-49-51-53-55-57-63(71)68-60(59-75-67-66(74)65(73)64(72)62(58-69)76-67)61(70)56-54-52-50-48-46-44-42-20-18-16-14-12-10-8-6-4-2/h5,7,11,13,17,19,22-23,60-62,64-67,69-70,72-74H,3-4,6,8-10,12,14-16,18,20-21,24-59H2,1-2H3,(H,68,71)/b7-5-,13-11-,19-17-,23-22-. The summed E-state index contributed by atoms with van der Waals surface area (Å²) >= 11 is 0. The first-order chi connectivity index (χ1) is 37.3. The summed E-state index contributed by atoms with van der Waals surface area (Å²) in [5.74, 6) is -0.138. The summed E-state index contributed by atoms with van der Waals surface area (Å²) in [6.07, 6.45) is 68.9. The van der Waals surface area contributed by atoms with Crippen LogP contribution in [0.4, 0.5) is 0 Å². The third-order valence-corrected chi connectivity index (χ3v) is 15.7. The van der Waals surface area contributed by atoms with Crippen molar-refractivity contribution in [3.8, 4) is 0 Å². The lowest BCUT2D eigenvalue weighted by Gasteiger charge is -2.40. The van der Waals surface area contributed by atoms with Gasteiger partial charge in [-0.15, -0.1) is 0 Å². The Morgan fingerprint density at radius 1 is 0.461 bits per heavy atom. The van der Waals surface area contributed by atoms with E-state index in [1.165, 1.54) is 225 Å². The van der Waals surface area contributed by atoms with Crippen LogP contribution in [0.1, 0.15) is 316 Å². The molecule has 1 amide bonds. The predicted octanol–water partition coefficient (Wildman–Crippen LogP) is 17.2. The average Bonchev–Trinajstić information content (AvgIpc) is 3.42. The molecule has 9 heteroatoms. The maximum Gasteiger partial charge on any atom is 0.220 e. The van der Waals surface area contributed by atoms with Crippen LogP contribution in [0.15, 0.2) is 48.6 Å². The van der Waals surface area contributed by atoms with Crippen molar-refractivity contribution in [3.05, 3.63) is 48.6 Å². The number of rotatable bonds is 57. The summed E-state index contributed by atoms with van der Waals surface area (Å²) < 4.78 is 11.3. The molecule has 7 unspecified atom stereocenters. The van der Waals surface area contributed by atoms with Crippen molar-refractivity contribution in [2.45, 2.75) is 358 Å². The normalized spacial score (nSPS) is 19.1. The molecule has 0 spiro atoms. The van der Waals surface area contributed by atoms with Crippen LogP contribution in [-0.2, 0) is 14.3 Å². The number of aliphatic hydroxyl groups excluding tert-OH is 5. The minimum Gasteiger partial charge on any atom is -0.394 e. The van der Waals surface area contributed by atoms with Gasteiger partial charge in [0.1, 0.15) is 24.4 Å². The van der Waals surface area contributed by atoms with Gasteiger partial charge in [0.05, 0.1) is 25.4 Å². The van der Waals surface area contributed by atoms with Crippen molar-refractivity contribution >= 4 is 5.91 Å². The minimum absolute atomic E-state index is 0.134. The Labute approximate surface area is 469 Å². The van der Waals surface area contributed by atoms with E-state index >= 15 is 0 Å². The number of allylic oxidation sites excluding steroid dienone is 8. The summed E-state index contributed by atoms with van der Waals surface area (Å²) in [4.78, 5) is 13.1. The molecule has 0 aromatic carbocycles. The van der Waals surface area contributed by atoms with Crippen LogP contribution in [0.3, 0.4) is 0 Å². The van der Waals surface area contributed by atoms with Crippen LogP contribution in [0.5, 0.6) is 0 Å². The molecule has 1 rings (SSSR count). The zero-order chi connectivity index (χ0) is 55.0. The van der Waals surface area contributed by atoms with Crippen LogP contribution in [0.25, 0.3) is 0 Å². The van der Waals surface area contributed by atoms with Gasteiger partial charge >= 0.3 is 0 Å². The van der Waals surface area contributed by atoms with Crippen LogP contribution in [-0.4, -0.2) is 87.5 Å². The second-order valence-electron chi connectivity index (χ2n) is 22.9. The van der Waals surface area contributed by atoms with E-state index in [9.17, 15) is 30.3 Å². The Balaban J connectivity index is 2.05. The van der Waals surface area contributed by atoms with E-state index < -0.39 is 49.5 Å². The Hall–Kier alpha value is -1.85. The second-order valence-corrected chi connectivity index (χ2v) is 22.9. The number of hydrogen-bond donors (Lipinski definition) is 6. The van der Waals surface area contributed by atoms with Crippen LogP contribution in [0, 0.1) is 0 Å². The number of aliphatic hydroxyl groups is 5. The molecule has 0 bridgehead atoms. The van der Waals surface area contributed by atoms with E-state index in [2.05, 4.69) is 67.8 Å². The fraction of sp³-hybridized carbons (Fsp3) is 0.866. The number of carbonyl (C=O) groups is 1. The topological polar surface area (TPSA) is 149 Å². The summed E-state index contributed by atoms with van der Waals surface area (Å²) in [5, 5.41) is 54.8. The van der Waals surface area contributed by atoms with Crippen LogP contribution >= 0.6 is 0 Å².